The average Bonchev–Trinajstić information content (AvgIpc) is 3.18. The molecule has 0 radical (unpaired) electrons. The van der Waals surface area contributed by atoms with Gasteiger partial charge in [0, 0.05) is 36.0 Å². The highest BCUT2D eigenvalue weighted by molar-refractivity contribution is 7.90. The monoisotopic (exact) mass is 419 g/mol. The second-order valence-electron chi connectivity index (χ2n) is 6.52. The van der Waals surface area contributed by atoms with Crippen LogP contribution in [0.5, 0.6) is 0 Å². The second kappa shape index (κ2) is 7.16. The van der Waals surface area contributed by atoms with Gasteiger partial charge in [-0.15, -0.1) is 0 Å². The number of sulfone groups is 1. The van der Waals surface area contributed by atoms with Crippen molar-refractivity contribution in [1.29, 1.82) is 0 Å². The van der Waals surface area contributed by atoms with Gasteiger partial charge in [0.1, 0.15) is 5.82 Å². The highest BCUT2D eigenvalue weighted by Crippen LogP contribution is 2.25. The number of aromatic nitrogens is 5. The summed E-state index contributed by atoms with van der Waals surface area (Å²) in [6.07, 6.45) is 4.84. The number of halogens is 1. The molecular formula is C18H18ClN5O3S. The standard InChI is InChI=1S/C18H18ClN5O3S/c1-28(26,27)18-13-5-6-20-10-16(13)24(22-18)11-17-21-14-9-12(19)3-4-15(14)23(17)7-2-8-25/h3-6,9-10,25H,2,7-8,11H2,1H3. The van der Waals surface area contributed by atoms with E-state index in [0.29, 0.717) is 34.7 Å². The first-order chi connectivity index (χ1) is 13.4. The summed E-state index contributed by atoms with van der Waals surface area (Å²) in [6.45, 7) is 0.884. The third kappa shape index (κ3) is 3.36. The van der Waals surface area contributed by atoms with Gasteiger partial charge in [-0.25, -0.2) is 13.4 Å². The van der Waals surface area contributed by atoms with Gasteiger partial charge in [-0.3, -0.25) is 9.67 Å². The van der Waals surface area contributed by atoms with Crippen LogP contribution in [0.15, 0.2) is 41.7 Å². The van der Waals surface area contributed by atoms with Crippen molar-refractivity contribution in [2.24, 2.45) is 0 Å². The molecule has 0 spiro atoms. The van der Waals surface area contributed by atoms with E-state index >= 15 is 0 Å². The molecule has 8 nitrogen and oxygen atoms in total. The molecule has 0 fully saturated rings. The summed E-state index contributed by atoms with van der Waals surface area (Å²) >= 11 is 6.09. The fourth-order valence-electron chi connectivity index (χ4n) is 3.27. The fraction of sp³-hybridized carbons (Fsp3) is 0.278. The molecule has 0 amide bonds. The molecule has 0 saturated heterocycles. The van der Waals surface area contributed by atoms with Crippen molar-refractivity contribution in [2.45, 2.75) is 24.5 Å². The summed E-state index contributed by atoms with van der Waals surface area (Å²) in [5, 5.41) is 14.7. The lowest BCUT2D eigenvalue weighted by Crippen LogP contribution is -2.11. The molecule has 0 aliphatic heterocycles. The number of imidazole rings is 1. The number of benzene rings is 1. The van der Waals surface area contributed by atoms with E-state index in [9.17, 15) is 13.5 Å². The van der Waals surface area contributed by atoms with Crippen LogP contribution in [0.4, 0.5) is 0 Å². The van der Waals surface area contributed by atoms with Crippen molar-refractivity contribution < 1.29 is 13.5 Å². The quantitative estimate of drug-likeness (QED) is 0.514. The second-order valence-corrected chi connectivity index (χ2v) is 8.89. The first kappa shape index (κ1) is 18.9. The Bertz CT molecular complexity index is 1280. The lowest BCUT2D eigenvalue weighted by molar-refractivity contribution is 0.279. The summed E-state index contributed by atoms with van der Waals surface area (Å²) in [4.78, 5) is 8.77. The average molecular weight is 420 g/mol. The number of aryl methyl sites for hydroxylation is 1. The van der Waals surface area contributed by atoms with Gasteiger partial charge in [0.25, 0.3) is 0 Å². The van der Waals surface area contributed by atoms with Gasteiger partial charge in [0.15, 0.2) is 14.9 Å². The third-order valence-electron chi connectivity index (χ3n) is 4.49. The minimum absolute atomic E-state index is 0.0194. The Balaban J connectivity index is 1.86. The molecule has 0 atom stereocenters. The van der Waals surface area contributed by atoms with Gasteiger partial charge >= 0.3 is 0 Å². The van der Waals surface area contributed by atoms with Crippen LogP contribution in [0.1, 0.15) is 12.2 Å². The molecule has 146 valence electrons. The molecule has 3 heterocycles. The maximum absolute atomic E-state index is 12.1. The Morgan fingerprint density at radius 3 is 2.79 bits per heavy atom. The molecule has 4 rings (SSSR count). The van der Waals surface area contributed by atoms with Crippen LogP contribution in [0, 0.1) is 0 Å². The van der Waals surface area contributed by atoms with Gasteiger partial charge in [0.2, 0.25) is 0 Å². The SMILES string of the molecule is CS(=O)(=O)c1nn(Cc2nc3cc(Cl)ccc3n2CCCO)c2cnccc12. The maximum atomic E-state index is 12.1. The van der Waals surface area contributed by atoms with E-state index in [0.717, 1.165) is 17.3 Å². The Kier molecular flexibility index (Phi) is 4.82. The van der Waals surface area contributed by atoms with Crippen LogP contribution in [0.2, 0.25) is 5.02 Å². The highest BCUT2D eigenvalue weighted by atomic mass is 35.5. The van der Waals surface area contributed by atoms with Crippen molar-refractivity contribution in [3.8, 4) is 0 Å². The fourth-order valence-corrected chi connectivity index (χ4v) is 4.26. The molecule has 1 aromatic carbocycles. The number of fused-ring (bicyclic) bond motifs is 2. The normalized spacial score (nSPS) is 12.2. The topological polar surface area (TPSA) is 103 Å². The predicted octanol–water partition coefficient (Wildman–Crippen LogP) is 2.27. The number of pyridine rings is 1. The molecule has 0 aliphatic rings. The van der Waals surface area contributed by atoms with E-state index in [4.69, 9.17) is 11.6 Å². The molecule has 28 heavy (non-hydrogen) atoms. The van der Waals surface area contributed by atoms with Crippen LogP contribution in [0.3, 0.4) is 0 Å². The maximum Gasteiger partial charge on any atom is 0.195 e. The first-order valence-electron chi connectivity index (χ1n) is 8.64. The van der Waals surface area contributed by atoms with E-state index in [1.165, 1.54) is 0 Å². The van der Waals surface area contributed by atoms with Crippen LogP contribution >= 0.6 is 11.6 Å². The van der Waals surface area contributed by atoms with Crippen molar-refractivity contribution in [1.82, 2.24) is 24.3 Å². The smallest absolute Gasteiger partial charge is 0.195 e. The van der Waals surface area contributed by atoms with E-state index in [-0.39, 0.29) is 18.2 Å². The molecular weight excluding hydrogens is 402 g/mol. The van der Waals surface area contributed by atoms with Crippen molar-refractivity contribution in [3.63, 3.8) is 0 Å². The molecule has 0 aliphatic carbocycles. The van der Waals surface area contributed by atoms with Gasteiger partial charge in [-0.2, -0.15) is 5.10 Å². The van der Waals surface area contributed by atoms with Crippen LogP contribution in [0.25, 0.3) is 21.9 Å². The van der Waals surface area contributed by atoms with Gasteiger partial charge in [-0.1, -0.05) is 11.6 Å². The summed E-state index contributed by atoms with van der Waals surface area (Å²) in [5.74, 6) is 0.694. The summed E-state index contributed by atoms with van der Waals surface area (Å²) in [5.41, 5.74) is 2.24. The van der Waals surface area contributed by atoms with E-state index < -0.39 is 9.84 Å². The Morgan fingerprint density at radius 2 is 2.04 bits per heavy atom. The highest BCUT2D eigenvalue weighted by Gasteiger charge is 2.20. The molecule has 0 bridgehead atoms. The molecule has 3 aromatic heterocycles. The zero-order chi connectivity index (χ0) is 19.9. The minimum Gasteiger partial charge on any atom is -0.396 e. The number of aliphatic hydroxyl groups excluding tert-OH is 1. The summed E-state index contributed by atoms with van der Waals surface area (Å²) in [6, 6.07) is 7.10. The van der Waals surface area contributed by atoms with Crippen LogP contribution < -0.4 is 0 Å². The number of rotatable bonds is 6. The third-order valence-corrected chi connectivity index (χ3v) is 5.73. The Morgan fingerprint density at radius 1 is 1.21 bits per heavy atom. The molecule has 4 aromatic rings. The summed E-state index contributed by atoms with van der Waals surface area (Å²) < 4.78 is 27.9. The van der Waals surface area contributed by atoms with Gasteiger partial charge in [0.05, 0.1) is 29.3 Å². The number of hydrogen-bond donors (Lipinski definition) is 1. The lowest BCUT2D eigenvalue weighted by Gasteiger charge is -2.09. The summed E-state index contributed by atoms with van der Waals surface area (Å²) in [7, 11) is -3.49. The van der Waals surface area contributed by atoms with Gasteiger partial charge < -0.3 is 9.67 Å². The molecule has 1 N–H and O–H groups in total. The van der Waals surface area contributed by atoms with E-state index in [1.54, 1.807) is 35.3 Å². The van der Waals surface area contributed by atoms with E-state index in [2.05, 4.69) is 15.1 Å². The number of nitrogens with zero attached hydrogens (tertiary/aromatic N) is 5. The minimum atomic E-state index is -3.49. The van der Waals surface area contributed by atoms with Crippen LogP contribution in [-0.4, -0.2) is 50.7 Å². The zero-order valence-electron chi connectivity index (χ0n) is 15.1. The first-order valence-corrected chi connectivity index (χ1v) is 10.9. The van der Waals surface area contributed by atoms with Gasteiger partial charge in [-0.05, 0) is 30.7 Å². The molecule has 0 saturated carbocycles. The van der Waals surface area contributed by atoms with Crippen molar-refractivity contribution >= 4 is 43.4 Å². The van der Waals surface area contributed by atoms with E-state index in [1.807, 2.05) is 10.6 Å². The lowest BCUT2D eigenvalue weighted by atomic mass is 10.3. The predicted molar refractivity (Wildman–Crippen MR) is 106 cm³/mol. The zero-order valence-corrected chi connectivity index (χ0v) is 16.7. The Labute approximate surface area is 166 Å². The number of aliphatic hydroxyl groups is 1. The largest absolute Gasteiger partial charge is 0.396 e. The van der Waals surface area contributed by atoms with Crippen molar-refractivity contribution in [3.05, 3.63) is 47.5 Å². The molecule has 0 unspecified atom stereocenters. The van der Waals surface area contributed by atoms with Crippen molar-refractivity contribution in [2.75, 3.05) is 12.9 Å². The van der Waals surface area contributed by atoms with Crippen LogP contribution in [-0.2, 0) is 22.9 Å². The molecule has 10 heteroatoms. The Hall–Kier alpha value is -2.49. The number of hydrogen-bond acceptors (Lipinski definition) is 6.